The molecule has 7 nitrogen and oxygen atoms in total. The molecule has 0 saturated heterocycles. The second-order valence-electron chi connectivity index (χ2n) is 5.21. The zero-order valence-corrected chi connectivity index (χ0v) is 12.7. The Bertz CT molecular complexity index is 800. The fourth-order valence-corrected chi connectivity index (χ4v) is 1.93. The lowest BCUT2D eigenvalue weighted by Gasteiger charge is -2.04. The first-order valence-corrected chi connectivity index (χ1v) is 7.14. The molecule has 114 valence electrons. The van der Waals surface area contributed by atoms with Crippen LogP contribution in [-0.2, 0) is 0 Å². The van der Waals surface area contributed by atoms with Crippen molar-refractivity contribution >= 4 is 5.78 Å². The van der Waals surface area contributed by atoms with Gasteiger partial charge in [-0.25, -0.2) is 0 Å². The SMILES string of the molecule is CC(C)C(=O)c1ccc(-c2nnc(-c3ccccn3)nn2)nc1. The lowest BCUT2D eigenvalue weighted by Crippen LogP contribution is -2.08. The molecule has 0 saturated carbocycles. The van der Waals surface area contributed by atoms with Crippen LogP contribution in [0.15, 0.2) is 42.7 Å². The summed E-state index contributed by atoms with van der Waals surface area (Å²) in [5.41, 5.74) is 1.68. The number of nitrogens with zero attached hydrogens (tertiary/aromatic N) is 6. The molecule has 0 aliphatic rings. The third-order valence-electron chi connectivity index (χ3n) is 3.17. The highest BCUT2D eigenvalue weighted by Gasteiger charge is 2.12. The summed E-state index contributed by atoms with van der Waals surface area (Å²) >= 11 is 0. The first-order valence-electron chi connectivity index (χ1n) is 7.14. The summed E-state index contributed by atoms with van der Waals surface area (Å²) in [7, 11) is 0. The van der Waals surface area contributed by atoms with E-state index in [1.165, 1.54) is 6.20 Å². The van der Waals surface area contributed by atoms with E-state index in [1.807, 2.05) is 26.0 Å². The topological polar surface area (TPSA) is 94.4 Å². The maximum Gasteiger partial charge on any atom is 0.221 e. The van der Waals surface area contributed by atoms with Gasteiger partial charge in [0.1, 0.15) is 11.4 Å². The van der Waals surface area contributed by atoms with Crippen LogP contribution >= 0.6 is 0 Å². The quantitative estimate of drug-likeness (QED) is 0.682. The van der Waals surface area contributed by atoms with Gasteiger partial charge in [-0.05, 0) is 24.3 Å². The molecule has 0 aliphatic heterocycles. The summed E-state index contributed by atoms with van der Waals surface area (Å²) in [4.78, 5) is 20.2. The van der Waals surface area contributed by atoms with E-state index in [-0.39, 0.29) is 11.7 Å². The summed E-state index contributed by atoms with van der Waals surface area (Å²) in [6.45, 7) is 3.70. The predicted octanol–water partition coefficient (Wildman–Crippen LogP) is 2.23. The molecular weight excluding hydrogens is 292 g/mol. The van der Waals surface area contributed by atoms with Gasteiger partial charge in [0.25, 0.3) is 0 Å². The number of carbonyl (C=O) groups is 1. The Hall–Kier alpha value is -3.09. The Kier molecular flexibility index (Phi) is 4.09. The number of pyridine rings is 2. The summed E-state index contributed by atoms with van der Waals surface area (Å²) in [5.74, 6) is 0.626. The van der Waals surface area contributed by atoms with Gasteiger partial charge in [-0.2, -0.15) is 0 Å². The van der Waals surface area contributed by atoms with Gasteiger partial charge in [-0.3, -0.25) is 14.8 Å². The van der Waals surface area contributed by atoms with E-state index < -0.39 is 0 Å². The van der Waals surface area contributed by atoms with Crippen molar-refractivity contribution in [3.63, 3.8) is 0 Å². The van der Waals surface area contributed by atoms with E-state index in [0.717, 1.165) is 0 Å². The van der Waals surface area contributed by atoms with Crippen molar-refractivity contribution in [2.24, 2.45) is 5.92 Å². The van der Waals surface area contributed by atoms with Crippen molar-refractivity contribution in [2.75, 3.05) is 0 Å². The average molecular weight is 306 g/mol. The van der Waals surface area contributed by atoms with Crippen LogP contribution in [0.25, 0.3) is 23.0 Å². The van der Waals surface area contributed by atoms with Gasteiger partial charge in [0.05, 0.1) is 0 Å². The highest BCUT2D eigenvalue weighted by molar-refractivity contribution is 5.97. The standard InChI is InChI=1S/C16H14N6O/c1-10(2)14(23)11-6-7-13(18-9-11)16-21-19-15(20-22-16)12-5-3-4-8-17-12/h3-10H,1-2H3. The Morgan fingerprint density at radius 2 is 1.52 bits per heavy atom. The number of rotatable bonds is 4. The van der Waals surface area contributed by atoms with Crippen LogP contribution in [0.1, 0.15) is 24.2 Å². The first kappa shape index (κ1) is 14.8. The van der Waals surface area contributed by atoms with Gasteiger partial charge in [-0.15, -0.1) is 20.4 Å². The molecule has 0 radical (unpaired) electrons. The number of hydrogen-bond acceptors (Lipinski definition) is 7. The Morgan fingerprint density at radius 3 is 2.00 bits per heavy atom. The van der Waals surface area contributed by atoms with E-state index in [0.29, 0.717) is 28.6 Å². The number of carbonyl (C=O) groups excluding carboxylic acids is 1. The van der Waals surface area contributed by atoms with Gasteiger partial charge in [0.15, 0.2) is 5.78 Å². The molecule has 0 spiro atoms. The highest BCUT2D eigenvalue weighted by Crippen LogP contribution is 2.14. The minimum absolute atomic E-state index is 0.0479. The summed E-state index contributed by atoms with van der Waals surface area (Å²) in [5, 5.41) is 16.1. The molecule has 0 fully saturated rings. The van der Waals surface area contributed by atoms with Crippen molar-refractivity contribution in [1.82, 2.24) is 30.4 Å². The maximum absolute atomic E-state index is 11.9. The molecule has 0 amide bonds. The molecular formula is C16H14N6O. The highest BCUT2D eigenvalue weighted by atomic mass is 16.1. The van der Waals surface area contributed by atoms with Crippen LogP contribution < -0.4 is 0 Å². The van der Waals surface area contributed by atoms with Gasteiger partial charge in [-0.1, -0.05) is 19.9 Å². The molecule has 0 aliphatic carbocycles. The van der Waals surface area contributed by atoms with E-state index in [2.05, 4.69) is 30.4 Å². The minimum atomic E-state index is -0.0695. The van der Waals surface area contributed by atoms with Gasteiger partial charge in [0, 0.05) is 23.9 Å². The normalized spacial score (nSPS) is 10.7. The zero-order valence-electron chi connectivity index (χ0n) is 12.7. The second kappa shape index (κ2) is 6.35. The van der Waals surface area contributed by atoms with Crippen molar-refractivity contribution < 1.29 is 4.79 Å². The smallest absolute Gasteiger partial charge is 0.221 e. The fourth-order valence-electron chi connectivity index (χ4n) is 1.93. The lowest BCUT2D eigenvalue weighted by molar-refractivity contribution is 0.0939. The third kappa shape index (κ3) is 3.23. The second-order valence-corrected chi connectivity index (χ2v) is 5.21. The van der Waals surface area contributed by atoms with E-state index >= 15 is 0 Å². The lowest BCUT2D eigenvalue weighted by atomic mass is 10.0. The van der Waals surface area contributed by atoms with Gasteiger partial charge < -0.3 is 0 Å². The molecule has 7 heteroatoms. The average Bonchev–Trinajstić information content (AvgIpc) is 2.62. The molecule has 0 N–H and O–H groups in total. The Morgan fingerprint density at radius 1 is 0.870 bits per heavy atom. The summed E-state index contributed by atoms with van der Waals surface area (Å²) < 4.78 is 0. The minimum Gasteiger partial charge on any atom is -0.294 e. The molecule has 3 rings (SSSR count). The Balaban J connectivity index is 1.84. The maximum atomic E-state index is 11.9. The zero-order chi connectivity index (χ0) is 16.2. The van der Waals surface area contributed by atoms with E-state index in [1.54, 1.807) is 24.4 Å². The number of hydrogen-bond donors (Lipinski definition) is 0. The third-order valence-corrected chi connectivity index (χ3v) is 3.17. The number of Topliss-reactive ketones (excluding diaryl/α,β-unsaturated/α-hetero) is 1. The summed E-state index contributed by atoms with van der Waals surface area (Å²) in [6.07, 6.45) is 3.17. The van der Waals surface area contributed by atoms with E-state index in [4.69, 9.17) is 0 Å². The van der Waals surface area contributed by atoms with Crippen LogP contribution in [0, 0.1) is 5.92 Å². The van der Waals surface area contributed by atoms with Gasteiger partial charge >= 0.3 is 0 Å². The number of ketones is 1. The van der Waals surface area contributed by atoms with Crippen LogP contribution in [-0.4, -0.2) is 36.1 Å². The number of aromatic nitrogens is 6. The molecule has 0 bridgehead atoms. The molecule has 3 heterocycles. The van der Waals surface area contributed by atoms with Crippen LogP contribution in [0.5, 0.6) is 0 Å². The Labute approximate surface area is 132 Å². The predicted molar refractivity (Wildman–Crippen MR) is 83.3 cm³/mol. The van der Waals surface area contributed by atoms with E-state index in [9.17, 15) is 4.79 Å². The van der Waals surface area contributed by atoms with Crippen molar-refractivity contribution in [3.8, 4) is 23.0 Å². The van der Waals surface area contributed by atoms with Crippen molar-refractivity contribution in [3.05, 3.63) is 48.3 Å². The largest absolute Gasteiger partial charge is 0.294 e. The monoisotopic (exact) mass is 306 g/mol. The molecule has 0 aromatic carbocycles. The summed E-state index contributed by atoms with van der Waals surface area (Å²) in [6, 6.07) is 8.83. The molecule has 0 atom stereocenters. The molecule has 23 heavy (non-hydrogen) atoms. The van der Waals surface area contributed by atoms with Crippen LogP contribution in [0.2, 0.25) is 0 Å². The van der Waals surface area contributed by atoms with Crippen LogP contribution in [0.4, 0.5) is 0 Å². The molecule has 0 unspecified atom stereocenters. The van der Waals surface area contributed by atoms with Crippen LogP contribution in [0.3, 0.4) is 0 Å². The van der Waals surface area contributed by atoms with Crippen molar-refractivity contribution in [2.45, 2.75) is 13.8 Å². The molecule has 3 aromatic heterocycles. The first-order chi connectivity index (χ1) is 11.1. The van der Waals surface area contributed by atoms with Crippen molar-refractivity contribution in [1.29, 1.82) is 0 Å². The molecule has 3 aromatic rings. The van der Waals surface area contributed by atoms with Gasteiger partial charge in [0.2, 0.25) is 11.6 Å². The fraction of sp³-hybridized carbons (Fsp3) is 0.188.